The number of sulfone groups is 1. The molecule has 1 heterocycles. The van der Waals surface area contributed by atoms with Gasteiger partial charge in [-0.3, -0.25) is 0 Å². The molecule has 0 spiro atoms. The van der Waals surface area contributed by atoms with Gasteiger partial charge in [-0.15, -0.1) is 11.8 Å². The Morgan fingerprint density at radius 1 is 1.37 bits per heavy atom. The van der Waals surface area contributed by atoms with Crippen molar-refractivity contribution < 1.29 is 13.2 Å². The van der Waals surface area contributed by atoms with E-state index in [2.05, 4.69) is 5.32 Å². The molecule has 1 aromatic rings. The summed E-state index contributed by atoms with van der Waals surface area (Å²) >= 11 is 1.70. The first-order valence-electron chi connectivity index (χ1n) is 6.30. The van der Waals surface area contributed by atoms with E-state index in [0.29, 0.717) is 25.3 Å². The lowest BCUT2D eigenvalue weighted by molar-refractivity contribution is 0.307. The van der Waals surface area contributed by atoms with Crippen molar-refractivity contribution in [3.63, 3.8) is 0 Å². The predicted octanol–water partition coefficient (Wildman–Crippen LogP) is 1.56. The lowest BCUT2D eigenvalue weighted by Gasteiger charge is -2.11. The summed E-state index contributed by atoms with van der Waals surface area (Å²) in [5, 5.41) is 3.22. The standard InChI is InChI=1S/C13H19NO3S2/c1-18-13-4-2-12(3-5-13)17-8-7-14-11-6-9-19(15,16)10-11/h2-5,11,14H,6-10H2,1H3. The molecule has 1 fully saturated rings. The molecule has 0 radical (unpaired) electrons. The van der Waals surface area contributed by atoms with Gasteiger partial charge in [-0.05, 0) is 36.9 Å². The van der Waals surface area contributed by atoms with Gasteiger partial charge in [0.2, 0.25) is 0 Å². The van der Waals surface area contributed by atoms with Gasteiger partial charge in [0.05, 0.1) is 11.5 Å². The molecular weight excluding hydrogens is 282 g/mol. The Morgan fingerprint density at radius 2 is 2.11 bits per heavy atom. The van der Waals surface area contributed by atoms with E-state index >= 15 is 0 Å². The van der Waals surface area contributed by atoms with E-state index in [1.165, 1.54) is 4.90 Å². The van der Waals surface area contributed by atoms with Crippen LogP contribution in [0, 0.1) is 0 Å². The van der Waals surface area contributed by atoms with Gasteiger partial charge in [0, 0.05) is 17.5 Å². The number of nitrogens with one attached hydrogen (secondary N) is 1. The minimum Gasteiger partial charge on any atom is -0.492 e. The van der Waals surface area contributed by atoms with E-state index in [-0.39, 0.29) is 11.8 Å². The smallest absolute Gasteiger partial charge is 0.151 e. The van der Waals surface area contributed by atoms with Crippen LogP contribution in [0.4, 0.5) is 0 Å². The second-order valence-corrected chi connectivity index (χ2v) is 7.69. The van der Waals surface area contributed by atoms with Crippen LogP contribution < -0.4 is 10.1 Å². The maximum absolute atomic E-state index is 11.3. The van der Waals surface area contributed by atoms with Gasteiger partial charge in [-0.25, -0.2) is 8.42 Å². The molecule has 2 rings (SSSR count). The van der Waals surface area contributed by atoms with Crippen LogP contribution in [0.25, 0.3) is 0 Å². The van der Waals surface area contributed by atoms with Crippen molar-refractivity contribution in [3.8, 4) is 5.75 Å². The lowest BCUT2D eigenvalue weighted by atomic mass is 10.3. The number of hydrogen-bond acceptors (Lipinski definition) is 5. The van der Waals surface area contributed by atoms with Crippen molar-refractivity contribution in [3.05, 3.63) is 24.3 Å². The Morgan fingerprint density at radius 3 is 2.68 bits per heavy atom. The predicted molar refractivity (Wildman–Crippen MR) is 78.8 cm³/mol. The molecule has 1 N–H and O–H groups in total. The number of ether oxygens (including phenoxy) is 1. The topological polar surface area (TPSA) is 55.4 Å². The summed E-state index contributed by atoms with van der Waals surface area (Å²) in [6.07, 6.45) is 2.75. The average molecular weight is 301 g/mol. The lowest BCUT2D eigenvalue weighted by Crippen LogP contribution is -2.33. The van der Waals surface area contributed by atoms with Crippen LogP contribution in [-0.2, 0) is 9.84 Å². The number of thioether (sulfide) groups is 1. The van der Waals surface area contributed by atoms with Crippen LogP contribution in [0.3, 0.4) is 0 Å². The second-order valence-electron chi connectivity index (χ2n) is 4.58. The Kier molecular flexibility index (Phi) is 5.13. The summed E-state index contributed by atoms with van der Waals surface area (Å²) in [6, 6.07) is 8.04. The molecule has 0 aromatic heterocycles. The summed E-state index contributed by atoms with van der Waals surface area (Å²) in [5.41, 5.74) is 0. The Bertz CT molecular complexity index is 499. The van der Waals surface area contributed by atoms with Crippen LogP contribution in [0.2, 0.25) is 0 Å². The molecule has 1 unspecified atom stereocenters. The molecule has 19 heavy (non-hydrogen) atoms. The zero-order valence-corrected chi connectivity index (χ0v) is 12.6. The molecule has 4 nitrogen and oxygen atoms in total. The molecule has 106 valence electrons. The SMILES string of the molecule is CSc1ccc(OCCNC2CCS(=O)(=O)C2)cc1. The molecular formula is C13H19NO3S2. The summed E-state index contributed by atoms with van der Waals surface area (Å²) in [5.74, 6) is 1.41. The fraction of sp³-hybridized carbons (Fsp3) is 0.538. The molecule has 1 atom stereocenters. The van der Waals surface area contributed by atoms with Gasteiger partial charge in [-0.2, -0.15) is 0 Å². The summed E-state index contributed by atoms with van der Waals surface area (Å²) < 4.78 is 28.2. The molecule has 1 aliphatic heterocycles. The van der Waals surface area contributed by atoms with Crippen LogP contribution >= 0.6 is 11.8 Å². The first-order chi connectivity index (χ1) is 9.09. The van der Waals surface area contributed by atoms with Crippen molar-refractivity contribution in [2.24, 2.45) is 0 Å². The monoisotopic (exact) mass is 301 g/mol. The Labute approximate surface area is 118 Å². The van der Waals surface area contributed by atoms with Crippen molar-refractivity contribution in [1.29, 1.82) is 0 Å². The number of hydrogen-bond donors (Lipinski definition) is 1. The highest BCUT2D eigenvalue weighted by atomic mass is 32.2. The quantitative estimate of drug-likeness (QED) is 0.638. The average Bonchev–Trinajstić information content (AvgIpc) is 2.75. The fourth-order valence-electron chi connectivity index (χ4n) is 2.06. The van der Waals surface area contributed by atoms with Gasteiger partial charge >= 0.3 is 0 Å². The van der Waals surface area contributed by atoms with E-state index in [4.69, 9.17) is 4.74 Å². The third-order valence-corrected chi connectivity index (χ3v) is 5.61. The second kappa shape index (κ2) is 6.63. The minimum absolute atomic E-state index is 0.0902. The molecule has 1 aromatic carbocycles. The summed E-state index contributed by atoms with van der Waals surface area (Å²) in [4.78, 5) is 1.21. The third kappa shape index (κ3) is 4.71. The van der Waals surface area contributed by atoms with Crippen molar-refractivity contribution in [1.82, 2.24) is 5.32 Å². The van der Waals surface area contributed by atoms with E-state index < -0.39 is 9.84 Å². The van der Waals surface area contributed by atoms with Gasteiger partial charge in [0.25, 0.3) is 0 Å². The van der Waals surface area contributed by atoms with Crippen LogP contribution in [-0.4, -0.2) is 45.4 Å². The van der Waals surface area contributed by atoms with Crippen LogP contribution in [0.5, 0.6) is 5.75 Å². The van der Waals surface area contributed by atoms with Crippen LogP contribution in [0.1, 0.15) is 6.42 Å². The van der Waals surface area contributed by atoms with Gasteiger partial charge < -0.3 is 10.1 Å². The summed E-state index contributed by atoms with van der Waals surface area (Å²) in [6.45, 7) is 1.22. The highest BCUT2D eigenvalue weighted by molar-refractivity contribution is 7.98. The van der Waals surface area contributed by atoms with Crippen molar-refractivity contribution >= 4 is 21.6 Å². The normalized spacial score (nSPS) is 21.4. The Hall–Kier alpha value is -0.720. The van der Waals surface area contributed by atoms with Crippen LogP contribution in [0.15, 0.2) is 29.2 Å². The largest absolute Gasteiger partial charge is 0.492 e. The molecule has 0 aliphatic carbocycles. The number of rotatable bonds is 6. The summed E-state index contributed by atoms with van der Waals surface area (Å²) in [7, 11) is -2.80. The zero-order valence-electron chi connectivity index (χ0n) is 11.0. The molecule has 0 saturated carbocycles. The van der Waals surface area contributed by atoms with E-state index in [1.807, 2.05) is 30.5 Å². The Balaban J connectivity index is 1.66. The molecule has 6 heteroatoms. The minimum atomic E-state index is -2.80. The maximum Gasteiger partial charge on any atom is 0.151 e. The maximum atomic E-state index is 11.3. The third-order valence-electron chi connectivity index (χ3n) is 3.10. The van der Waals surface area contributed by atoms with Crippen molar-refractivity contribution in [2.75, 3.05) is 30.9 Å². The zero-order chi connectivity index (χ0) is 13.7. The van der Waals surface area contributed by atoms with Crippen molar-refractivity contribution in [2.45, 2.75) is 17.4 Å². The fourth-order valence-corrected chi connectivity index (χ4v) is 4.18. The first kappa shape index (κ1) is 14.7. The van der Waals surface area contributed by atoms with Gasteiger partial charge in [0.15, 0.2) is 9.84 Å². The first-order valence-corrected chi connectivity index (χ1v) is 9.34. The highest BCUT2D eigenvalue weighted by Gasteiger charge is 2.26. The molecule has 1 saturated heterocycles. The molecule has 1 aliphatic rings. The van der Waals surface area contributed by atoms with E-state index in [9.17, 15) is 8.42 Å². The van der Waals surface area contributed by atoms with E-state index in [0.717, 1.165) is 5.75 Å². The van der Waals surface area contributed by atoms with Gasteiger partial charge in [-0.1, -0.05) is 0 Å². The molecule has 0 amide bonds. The molecule has 0 bridgehead atoms. The highest BCUT2D eigenvalue weighted by Crippen LogP contribution is 2.18. The number of benzene rings is 1. The van der Waals surface area contributed by atoms with E-state index in [1.54, 1.807) is 11.8 Å². The van der Waals surface area contributed by atoms with Gasteiger partial charge in [0.1, 0.15) is 12.4 Å².